The van der Waals surface area contributed by atoms with Gasteiger partial charge in [0.1, 0.15) is 11.4 Å². The predicted molar refractivity (Wildman–Crippen MR) is 49.4 cm³/mol. The molecule has 1 rings (SSSR count). The molecule has 5 nitrogen and oxygen atoms in total. The molecule has 0 radical (unpaired) electrons. The standard InChI is InChI=1S/C9H11NO4/c1-3-14-9(13)6-4-7(11)5(2)8(12)10-6/h4H,3H2,1-2H3,(H2,10,11,12). The van der Waals surface area contributed by atoms with Crippen molar-refractivity contribution in [3.05, 3.63) is 27.7 Å². The van der Waals surface area contributed by atoms with Crippen molar-refractivity contribution in [1.82, 2.24) is 4.98 Å². The van der Waals surface area contributed by atoms with E-state index in [1.54, 1.807) is 6.92 Å². The number of carbonyl (C=O) groups is 1. The minimum atomic E-state index is -0.653. The van der Waals surface area contributed by atoms with Crippen molar-refractivity contribution in [2.45, 2.75) is 13.8 Å². The Morgan fingerprint density at radius 2 is 2.29 bits per heavy atom. The molecule has 0 aliphatic heterocycles. The van der Waals surface area contributed by atoms with Gasteiger partial charge in [0.15, 0.2) is 0 Å². The van der Waals surface area contributed by atoms with E-state index in [2.05, 4.69) is 9.72 Å². The Hall–Kier alpha value is -1.78. The van der Waals surface area contributed by atoms with E-state index in [-0.39, 0.29) is 23.6 Å². The first-order chi connectivity index (χ1) is 6.56. The lowest BCUT2D eigenvalue weighted by Crippen LogP contribution is -2.16. The van der Waals surface area contributed by atoms with Crippen LogP contribution in [-0.2, 0) is 4.74 Å². The number of rotatable bonds is 2. The molecule has 1 aromatic heterocycles. The molecule has 0 amide bonds. The molecule has 76 valence electrons. The zero-order valence-electron chi connectivity index (χ0n) is 7.96. The molecule has 0 aliphatic carbocycles. The first-order valence-corrected chi connectivity index (χ1v) is 4.16. The van der Waals surface area contributed by atoms with Gasteiger partial charge in [0.25, 0.3) is 5.56 Å². The van der Waals surface area contributed by atoms with Crippen LogP contribution in [0.1, 0.15) is 23.0 Å². The van der Waals surface area contributed by atoms with E-state index < -0.39 is 11.5 Å². The Balaban J connectivity index is 3.13. The van der Waals surface area contributed by atoms with Gasteiger partial charge in [-0.15, -0.1) is 0 Å². The van der Waals surface area contributed by atoms with Gasteiger partial charge in [-0.05, 0) is 13.8 Å². The summed E-state index contributed by atoms with van der Waals surface area (Å²) >= 11 is 0. The summed E-state index contributed by atoms with van der Waals surface area (Å²) in [6, 6.07) is 1.18. The minimum absolute atomic E-state index is 0.0417. The van der Waals surface area contributed by atoms with E-state index in [0.717, 1.165) is 0 Å². The number of carbonyl (C=O) groups excluding carboxylic acids is 1. The second-order valence-corrected chi connectivity index (χ2v) is 2.74. The van der Waals surface area contributed by atoms with Crippen molar-refractivity contribution in [3.8, 4) is 5.75 Å². The molecule has 2 N–H and O–H groups in total. The Labute approximate surface area is 80.3 Å². The maximum absolute atomic E-state index is 11.2. The summed E-state index contributed by atoms with van der Waals surface area (Å²) in [5.41, 5.74) is -0.356. The normalized spacial score (nSPS) is 9.86. The zero-order chi connectivity index (χ0) is 10.7. The van der Waals surface area contributed by atoms with Crippen LogP contribution in [-0.4, -0.2) is 22.7 Å². The van der Waals surface area contributed by atoms with Crippen LogP contribution >= 0.6 is 0 Å². The summed E-state index contributed by atoms with van der Waals surface area (Å²) in [4.78, 5) is 24.6. The Kier molecular flexibility index (Phi) is 2.91. The number of pyridine rings is 1. The van der Waals surface area contributed by atoms with Gasteiger partial charge in [-0.3, -0.25) is 4.79 Å². The number of hydrogen-bond acceptors (Lipinski definition) is 4. The third-order valence-corrected chi connectivity index (χ3v) is 1.75. The highest BCUT2D eigenvalue weighted by molar-refractivity contribution is 5.87. The van der Waals surface area contributed by atoms with E-state index >= 15 is 0 Å². The van der Waals surface area contributed by atoms with Crippen molar-refractivity contribution in [2.75, 3.05) is 6.61 Å². The molecule has 0 fully saturated rings. The van der Waals surface area contributed by atoms with Crippen molar-refractivity contribution in [2.24, 2.45) is 0 Å². The highest BCUT2D eigenvalue weighted by atomic mass is 16.5. The SMILES string of the molecule is CCOC(=O)c1cc(O)c(C)c(=O)[nH]1. The van der Waals surface area contributed by atoms with Gasteiger partial charge in [-0.2, -0.15) is 0 Å². The average molecular weight is 197 g/mol. The minimum Gasteiger partial charge on any atom is -0.507 e. The smallest absolute Gasteiger partial charge is 0.354 e. The molecule has 0 saturated carbocycles. The van der Waals surface area contributed by atoms with E-state index in [1.807, 2.05) is 0 Å². The Bertz CT molecular complexity index is 408. The monoisotopic (exact) mass is 197 g/mol. The topological polar surface area (TPSA) is 79.4 Å². The number of aromatic nitrogens is 1. The Morgan fingerprint density at radius 3 is 2.79 bits per heavy atom. The van der Waals surface area contributed by atoms with Crippen LogP contribution in [0.5, 0.6) is 5.75 Å². The molecule has 0 aliphatic rings. The van der Waals surface area contributed by atoms with Gasteiger partial charge in [0.2, 0.25) is 0 Å². The lowest BCUT2D eigenvalue weighted by Gasteiger charge is -2.03. The molecule has 14 heavy (non-hydrogen) atoms. The fourth-order valence-electron chi connectivity index (χ4n) is 0.932. The van der Waals surface area contributed by atoms with Gasteiger partial charge < -0.3 is 14.8 Å². The fourth-order valence-corrected chi connectivity index (χ4v) is 0.932. The quantitative estimate of drug-likeness (QED) is 0.679. The second kappa shape index (κ2) is 3.95. The summed E-state index contributed by atoms with van der Waals surface area (Å²) in [5, 5.41) is 9.27. The van der Waals surface area contributed by atoms with Gasteiger partial charge >= 0.3 is 5.97 Å². The molecule has 0 atom stereocenters. The number of ether oxygens (including phenoxy) is 1. The molecular weight excluding hydrogens is 186 g/mol. The van der Waals surface area contributed by atoms with Crippen LogP contribution in [0.4, 0.5) is 0 Å². The van der Waals surface area contributed by atoms with Gasteiger partial charge in [-0.1, -0.05) is 0 Å². The highest BCUT2D eigenvalue weighted by Gasteiger charge is 2.11. The van der Waals surface area contributed by atoms with E-state index in [1.165, 1.54) is 13.0 Å². The van der Waals surface area contributed by atoms with E-state index in [0.29, 0.717) is 0 Å². The number of nitrogens with one attached hydrogen (secondary N) is 1. The van der Waals surface area contributed by atoms with Gasteiger partial charge in [-0.25, -0.2) is 4.79 Å². The summed E-state index contributed by atoms with van der Waals surface area (Å²) in [6.07, 6.45) is 0. The number of H-pyrrole nitrogens is 1. The lowest BCUT2D eigenvalue weighted by molar-refractivity contribution is 0.0518. The maximum atomic E-state index is 11.2. The Morgan fingerprint density at radius 1 is 1.64 bits per heavy atom. The fraction of sp³-hybridized carbons (Fsp3) is 0.333. The van der Waals surface area contributed by atoms with Crippen molar-refractivity contribution < 1.29 is 14.6 Å². The first-order valence-electron chi connectivity index (χ1n) is 4.16. The van der Waals surface area contributed by atoms with Crippen molar-refractivity contribution in [3.63, 3.8) is 0 Å². The van der Waals surface area contributed by atoms with Crippen LogP contribution in [0.2, 0.25) is 0 Å². The third-order valence-electron chi connectivity index (χ3n) is 1.75. The van der Waals surface area contributed by atoms with Crippen LogP contribution in [0.25, 0.3) is 0 Å². The first kappa shape index (κ1) is 10.3. The van der Waals surface area contributed by atoms with Gasteiger partial charge in [0.05, 0.1) is 12.2 Å². The molecular formula is C9H11NO4. The molecule has 0 spiro atoms. The number of aromatic hydroxyl groups is 1. The lowest BCUT2D eigenvalue weighted by atomic mass is 10.2. The predicted octanol–water partition coefficient (Wildman–Crippen LogP) is 0.566. The molecule has 5 heteroatoms. The molecule has 0 saturated heterocycles. The van der Waals surface area contributed by atoms with Gasteiger partial charge in [0, 0.05) is 6.07 Å². The molecule has 1 heterocycles. The van der Waals surface area contributed by atoms with E-state index in [4.69, 9.17) is 0 Å². The largest absolute Gasteiger partial charge is 0.507 e. The number of aromatic amines is 1. The van der Waals surface area contributed by atoms with Crippen molar-refractivity contribution >= 4 is 5.97 Å². The highest BCUT2D eigenvalue weighted by Crippen LogP contribution is 2.11. The third kappa shape index (κ3) is 1.93. The average Bonchev–Trinajstić information content (AvgIpc) is 2.13. The van der Waals surface area contributed by atoms with Crippen molar-refractivity contribution in [1.29, 1.82) is 0 Å². The number of esters is 1. The second-order valence-electron chi connectivity index (χ2n) is 2.74. The van der Waals surface area contributed by atoms with Crippen LogP contribution in [0.15, 0.2) is 10.9 Å². The summed E-state index contributed by atoms with van der Waals surface area (Å²) < 4.78 is 4.66. The van der Waals surface area contributed by atoms with E-state index in [9.17, 15) is 14.7 Å². The maximum Gasteiger partial charge on any atom is 0.354 e. The molecule has 0 bridgehead atoms. The number of hydrogen-bond donors (Lipinski definition) is 2. The summed E-state index contributed by atoms with van der Waals surface area (Å²) in [6.45, 7) is 3.34. The molecule has 0 aromatic carbocycles. The zero-order valence-corrected chi connectivity index (χ0v) is 7.96. The van der Waals surface area contributed by atoms with Crippen LogP contribution < -0.4 is 5.56 Å². The molecule has 0 unspecified atom stereocenters. The summed E-state index contributed by atoms with van der Waals surface area (Å²) in [5.74, 6) is -0.864. The van der Waals surface area contributed by atoms with Crippen LogP contribution in [0, 0.1) is 6.92 Å². The summed E-state index contributed by atoms with van der Waals surface area (Å²) in [7, 11) is 0. The molecule has 1 aromatic rings. The van der Waals surface area contributed by atoms with Crippen LogP contribution in [0.3, 0.4) is 0 Å².